The van der Waals surface area contributed by atoms with Crippen molar-refractivity contribution in [1.82, 2.24) is 4.90 Å². The predicted molar refractivity (Wildman–Crippen MR) is 66.5 cm³/mol. The van der Waals surface area contributed by atoms with Crippen molar-refractivity contribution >= 4 is 0 Å². The molecule has 1 saturated heterocycles. The summed E-state index contributed by atoms with van der Waals surface area (Å²) in [7, 11) is 1.80. The van der Waals surface area contributed by atoms with Crippen LogP contribution in [-0.4, -0.2) is 30.7 Å². The van der Waals surface area contributed by atoms with E-state index < -0.39 is 0 Å². The van der Waals surface area contributed by atoms with Crippen LogP contribution in [0.15, 0.2) is 16.7 Å². The second kappa shape index (κ2) is 5.67. The maximum atomic E-state index is 5.65. The predicted octanol–water partition coefficient (Wildman–Crippen LogP) is 1.74. The van der Waals surface area contributed by atoms with Crippen LogP contribution in [0.3, 0.4) is 0 Å². The molecule has 1 aromatic rings. The van der Waals surface area contributed by atoms with Crippen LogP contribution < -0.4 is 5.73 Å². The maximum Gasteiger partial charge on any atom is 0.121 e. The van der Waals surface area contributed by atoms with E-state index >= 15 is 0 Å². The van der Waals surface area contributed by atoms with Gasteiger partial charge < -0.3 is 14.9 Å². The highest BCUT2D eigenvalue weighted by Crippen LogP contribution is 2.22. The Balaban J connectivity index is 1.95. The molecule has 2 heterocycles. The van der Waals surface area contributed by atoms with Crippen molar-refractivity contribution in [2.75, 3.05) is 13.7 Å². The van der Waals surface area contributed by atoms with E-state index in [0.717, 1.165) is 31.7 Å². The molecule has 2 unspecified atom stereocenters. The van der Waals surface area contributed by atoms with Gasteiger partial charge in [0, 0.05) is 31.8 Å². The van der Waals surface area contributed by atoms with Gasteiger partial charge in [-0.2, -0.15) is 0 Å². The monoisotopic (exact) mass is 238 g/mol. The molecular weight excluding hydrogens is 216 g/mol. The van der Waals surface area contributed by atoms with Crippen molar-refractivity contribution in [2.24, 2.45) is 5.73 Å². The van der Waals surface area contributed by atoms with Gasteiger partial charge in [-0.1, -0.05) is 0 Å². The van der Waals surface area contributed by atoms with E-state index in [9.17, 15) is 0 Å². The van der Waals surface area contributed by atoms with Gasteiger partial charge in [0.2, 0.25) is 0 Å². The van der Waals surface area contributed by atoms with E-state index in [1.54, 1.807) is 13.4 Å². The van der Waals surface area contributed by atoms with Crippen molar-refractivity contribution in [3.8, 4) is 0 Å². The molecule has 0 amide bonds. The molecule has 0 bridgehead atoms. The van der Waals surface area contributed by atoms with Crippen molar-refractivity contribution in [1.29, 1.82) is 0 Å². The number of furan rings is 1. The Morgan fingerprint density at radius 1 is 1.59 bits per heavy atom. The number of hydrogen-bond donors (Lipinski definition) is 1. The molecule has 2 N–H and O–H groups in total. The zero-order chi connectivity index (χ0) is 12.3. The fourth-order valence-corrected chi connectivity index (χ4v) is 2.53. The SMILES string of the molecule is COC1CCN(Cc2ccoc2CN)C(C)C1. The Labute approximate surface area is 103 Å². The molecule has 1 aromatic heterocycles. The second-order valence-electron chi connectivity index (χ2n) is 4.77. The van der Waals surface area contributed by atoms with Gasteiger partial charge in [0.25, 0.3) is 0 Å². The highest BCUT2D eigenvalue weighted by Gasteiger charge is 2.25. The van der Waals surface area contributed by atoms with Crippen molar-refractivity contribution in [2.45, 2.75) is 45.0 Å². The first-order chi connectivity index (χ1) is 8.24. The van der Waals surface area contributed by atoms with E-state index in [4.69, 9.17) is 14.9 Å². The number of piperidine rings is 1. The van der Waals surface area contributed by atoms with Gasteiger partial charge in [0.15, 0.2) is 0 Å². The zero-order valence-corrected chi connectivity index (χ0v) is 10.7. The van der Waals surface area contributed by atoms with E-state index in [2.05, 4.69) is 11.8 Å². The number of nitrogens with zero attached hydrogens (tertiary/aromatic N) is 1. The van der Waals surface area contributed by atoms with Gasteiger partial charge in [0.1, 0.15) is 5.76 Å². The Bertz CT molecular complexity index is 351. The fraction of sp³-hybridized carbons (Fsp3) is 0.692. The molecule has 0 radical (unpaired) electrons. The normalized spacial score (nSPS) is 26.3. The summed E-state index contributed by atoms with van der Waals surface area (Å²) in [6.45, 7) is 4.74. The number of rotatable bonds is 4. The Morgan fingerprint density at radius 2 is 2.41 bits per heavy atom. The summed E-state index contributed by atoms with van der Waals surface area (Å²) in [4.78, 5) is 2.47. The first kappa shape index (κ1) is 12.6. The van der Waals surface area contributed by atoms with Crippen LogP contribution in [0.1, 0.15) is 31.1 Å². The summed E-state index contributed by atoms with van der Waals surface area (Å²) in [5, 5.41) is 0. The molecule has 1 aliphatic rings. The third-order valence-electron chi connectivity index (χ3n) is 3.70. The third-order valence-corrected chi connectivity index (χ3v) is 3.70. The third kappa shape index (κ3) is 2.89. The largest absolute Gasteiger partial charge is 0.468 e. The molecule has 2 rings (SSSR count). The first-order valence-corrected chi connectivity index (χ1v) is 6.26. The Morgan fingerprint density at radius 3 is 3.06 bits per heavy atom. The quantitative estimate of drug-likeness (QED) is 0.868. The smallest absolute Gasteiger partial charge is 0.121 e. The molecule has 17 heavy (non-hydrogen) atoms. The molecule has 4 nitrogen and oxygen atoms in total. The average Bonchev–Trinajstić information content (AvgIpc) is 2.79. The van der Waals surface area contributed by atoms with Crippen LogP contribution >= 0.6 is 0 Å². The molecule has 0 aliphatic carbocycles. The summed E-state index contributed by atoms with van der Waals surface area (Å²) in [6.07, 6.45) is 4.35. The minimum Gasteiger partial charge on any atom is -0.468 e. The standard InChI is InChI=1S/C13H22N2O2/c1-10-7-12(16-2)3-5-15(10)9-11-4-6-17-13(11)8-14/h4,6,10,12H,3,5,7-9,14H2,1-2H3. The van der Waals surface area contributed by atoms with Gasteiger partial charge in [-0.25, -0.2) is 0 Å². The summed E-state index contributed by atoms with van der Waals surface area (Å²) in [5.41, 5.74) is 6.86. The van der Waals surface area contributed by atoms with Crippen LogP contribution in [0.25, 0.3) is 0 Å². The van der Waals surface area contributed by atoms with E-state index in [1.807, 2.05) is 6.07 Å². The zero-order valence-electron chi connectivity index (χ0n) is 10.7. The highest BCUT2D eigenvalue weighted by atomic mass is 16.5. The minimum absolute atomic E-state index is 0.416. The van der Waals surface area contributed by atoms with Crippen LogP contribution in [0.5, 0.6) is 0 Å². The Kier molecular flexibility index (Phi) is 4.20. The number of hydrogen-bond acceptors (Lipinski definition) is 4. The van der Waals surface area contributed by atoms with Gasteiger partial charge >= 0.3 is 0 Å². The summed E-state index contributed by atoms with van der Waals surface area (Å²) in [6, 6.07) is 2.58. The van der Waals surface area contributed by atoms with E-state index in [0.29, 0.717) is 18.7 Å². The molecule has 1 fully saturated rings. The lowest BCUT2D eigenvalue weighted by Crippen LogP contribution is -2.42. The molecule has 0 spiro atoms. The minimum atomic E-state index is 0.416. The topological polar surface area (TPSA) is 51.6 Å². The number of ether oxygens (including phenoxy) is 1. The van der Waals surface area contributed by atoms with E-state index in [-0.39, 0.29) is 0 Å². The lowest BCUT2D eigenvalue weighted by atomic mass is 10.00. The first-order valence-electron chi connectivity index (χ1n) is 6.26. The Hall–Kier alpha value is -0.840. The lowest BCUT2D eigenvalue weighted by molar-refractivity contribution is 0.0128. The maximum absolute atomic E-state index is 5.65. The summed E-state index contributed by atoms with van der Waals surface area (Å²) < 4.78 is 10.8. The fourth-order valence-electron chi connectivity index (χ4n) is 2.53. The summed E-state index contributed by atoms with van der Waals surface area (Å²) in [5.74, 6) is 0.908. The van der Waals surface area contributed by atoms with Crippen LogP contribution in [0.2, 0.25) is 0 Å². The molecule has 0 saturated carbocycles. The molecule has 0 aromatic carbocycles. The van der Waals surface area contributed by atoms with Crippen molar-refractivity contribution in [3.63, 3.8) is 0 Å². The van der Waals surface area contributed by atoms with Gasteiger partial charge in [-0.15, -0.1) is 0 Å². The second-order valence-corrected chi connectivity index (χ2v) is 4.77. The van der Waals surface area contributed by atoms with Crippen molar-refractivity contribution in [3.05, 3.63) is 23.7 Å². The number of nitrogens with two attached hydrogens (primary N) is 1. The van der Waals surface area contributed by atoms with Crippen molar-refractivity contribution < 1.29 is 9.15 Å². The molecule has 4 heteroatoms. The van der Waals surface area contributed by atoms with Gasteiger partial charge in [0.05, 0.1) is 18.9 Å². The van der Waals surface area contributed by atoms with Crippen LogP contribution in [0.4, 0.5) is 0 Å². The average molecular weight is 238 g/mol. The van der Waals surface area contributed by atoms with Gasteiger partial charge in [-0.05, 0) is 25.8 Å². The van der Waals surface area contributed by atoms with Crippen LogP contribution in [-0.2, 0) is 17.8 Å². The molecule has 1 aliphatic heterocycles. The molecular formula is C13H22N2O2. The highest BCUT2D eigenvalue weighted by molar-refractivity contribution is 5.16. The molecule has 2 atom stereocenters. The molecule has 96 valence electrons. The van der Waals surface area contributed by atoms with E-state index in [1.165, 1.54) is 5.56 Å². The lowest BCUT2D eigenvalue weighted by Gasteiger charge is -2.37. The van der Waals surface area contributed by atoms with Gasteiger partial charge in [-0.3, -0.25) is 4.90 Å². The number of methoxy groups -OCH3 is 1. The summed E-state index contributed by atoms with van der Waals surface area (Å²) >= 11 is 0. The number of likely N-dealkylation sites (tertiary alicyclic amines) is 1. The van der Waals surface area contributed by atoms with Crippen LogP contribution in [0, 0.1) is 0 Å².